The molecular formula is C10H12ClN3O. The summed E-state index contributed by atoms with van der Waals surface area (Å²) in [6, 6.07) is 1.79. The van der Waals surface area contributed by atoms with E-state index in [1.165, 1.54) is 6.42 Å². The van der Waals surface area contributed by atoms with Gasteiger partial charge in [0.05, 0.1) is 18.1 Å². The second-order valence-electron chi connectivity index (χ2n) is 4.12. The van der Waals surface area contributed by atoms with E-state index in [-0.39, 0.29) is 10.6 Å². The molecule has 0 aromatic carbocycles. The summed E-state index contributed by atoms with van der Waals surface area (Å²) >= 11 is 5.84. The number of fused-ring (bicyclic) bond motifs is 4. The number of halogens is 1. The van der Waals surface area contributed by atoms with E-state index in [0.717, 1.165) is 37.7 Å². The Balaban J connectivity index is 2.13. The summed E-state index contributed by atoms with van der Waals surface area (Å²) in [5.74, 6) is 0. The molecule has 1 fully saturated rings. The molecule has 1 saturated heterocycles. The monoisotopic (exact) mass is 225 g/mol. The molecule has 5 heteroatoms. The van der Waals surface area contributed by atoms with Crippen molar-refractivity contribution in [3.63, 3.8) is 0 Å². The smallest absolute Gasteiger partial charge is 0.267 e. The SMILES string of the molecule is O=c1[nH]c2c(cc1Cl)N1CCCN(C2)C1. The Morgan fingerprint density at radius 1 is 1.40 bits per heavy atom. The maximum atomic E-state index is 11.4. The molecule has 0 saturated carbocycles. The second kappa shape index (κ2) is 3.25. The zero-order valence-corrected chi connectivity index (χ0v) is 9.05. The van der Waals surface area contributed by atoms with Gasteiger partial charge in [-0.05, 0) is 12.5 Å². The summed E-state index contributed by atoms with van der Waals surface area (Å²) in [5, 5.41) is 0.285. The Bertz CT molecular complexity index is 456. The Morgan fingerprint density at radius 2 is 2.27 bits per heavy atom. The van der Waals surface area contributed by atoms with Crippen LogP contribution in [-0.4, -0.2) is 29.6 Å². The zero-order chi connectivity index (χ0) is 10.4. The van der Waals surface area contributed by atoms with Crippen LogP contribution in [0.5, 0.6) is 0 Å². The largest absolute Gasteiger partial charge is 0.357 e. The number of rotatable bonds is 0. The Labute approximate surface area is 92.4 Å². The third-order valence-corrected chi connectivity index (χ3v) is 3.33. The van der Waals surface area contributed by atoms with Gasteiger partial charge in [-0.2, -0.15) is 0 Å². The molecule has 3 rings (SSSR count). The molecule has 1 atom stereocenters. The Morgan fingerprint density at radius 3 is 3.13 bits per heavy atom. The van der Waals surface area contributed by atoms with Crippen LogP contribution in [0.3, 0.4) is 0 Å². The van der Waals surface area contributed by atoms with Crippen molar-refractivity contribution in [3.8, 4) is 0 Å². The van der Waals surface area contributed by atoms with Crippen molar-refractivity contribution in [3.05, 3.63) is 27.1 Å². The van der Waals surface area contributed by atoms with Gasteiger partial charge < -0.3 is 9.88 Å². The average Bonchev–Trinajstić information content (AvgIpc) is 2.22. The normalized spacial score (nSPS) is 23.8. The number of hydrogen-bond acceptors (Lipinski definition) is 3. The van der Waals surface area contributed by atoms with E-state index >= 15 is 0 Å². The molecule has 1 unspecified atom stereocenters. The topological polar surface area (TPSA) is 39.3 Å². The first-order valence-corrected chi connectivity index (χ1v) is 5.51. The van der Waals surface area contributed by atoms with E-state index < -0.39 is 0 Å². The molecule has 4 nitrogen and oxygen atoms in total. The molecule has 0 aliphatic carbocycles. The summed E-state index contributed by atoms with van der Waals surface area (Å²) in [6.07, 6.45) is 1.18. The summed E-state index contributed by atoms with van der Waals surface area (Å²) in [5.41, 5.74) is 1.91. The molecule has 2 bridgehead atoms. The maximum absolute atomic E-state index is 11.4. The average molecular weight is 226 g/mol. The van der Waals surface area contributed by atoms with Crippen LogP contribution in [-0.2, 0) is 6.54 Å². The highest BCUT2D eigenvalue weighted by atomic mass is 35.5. The number of nitrogens with one attached hydrogen (secondary N) is 1. The third kappa shape index (κ3) is 1.44. The van der Waals surface area contributed by atoms with Crippen LogP contribution in [0.25, 0.3) is 0 Å². The lowest BCUT2D eigenvalue weighted by Gasteiger charge is -2.42. The maximum Gasteiger partial charge on any atom is 0.267 e. The number of nitrogens with zero attached hydrogens (tertiary/aromatic N) is 2. The predicted octanol–water partition coefficient (Wildman–Crippen LogP) is 1.01. The molecule has 3 heterocycles. The van der Waals surface area contributed by atoms with E-state index in [9.17, 15) is 4.79 Å². The number of aromatic amines is 1. The van der Waals surface area contributed by atoms with E-state index in [1.807, 2.05) is 0 Å². The molecule has 1 aromatic heterocycles. The van der Waals surface area contributed by atoms with Crippen LogP contribution in [0, 0.1) is 0 Å². The fraction of sp³-hybridized carbons (Fsp3) is 0.500. The van der Waals surface area contributed by atoms with Crippen LogP contribution in [0.15, 0.2) is 10.9 Å². The fourth-order valence-corrected chi connectivity index (χ4v) is 2.50. The van der Waals surface area contributed by atoms with Gasteiger partial charge >= 0.3 is 0 Å². The van der Waals surface area contributed by atoms with E-state index in [4.69, 9.17) is 11.6 Å². The number of H-pyrrole nitrogens is 1. The van der Waals surface area contributed by atoms with Crippen molar-refractivity contribution in [1.82, 2.24) is 9.88 Å². The first-order valence-electron chi connectivity index (χ1n) is 5.13. The lowest BCUT2D eigenvalue weighted by atomic mass is 10.1. The van der Waals surface area contributed by atoms with Gasteiger partial charge in [0.15, 0.2) is 0 Å². The summed E-state index contributed by atoms with van der Waals surface area (Å²) in [6.45, 7) is 3.94. The van der Waals surface area contributed by atoms with Gasteiger partial charge in [0.25, 0.3) is 5.56 Å². The molecule has 2 aliphatic heterocycles. The molecule has 15 heavy (non-hydrogen) atoms. The molecule has 80 valence electrons. The standard InChI is InChI=1S/C10H12ClN3O/c11-7-4-9-8(12-10(7)15)5-13-2-1-3-14(9)6-13/h4H,1-3,5-6H2,(H,12,15). The molecular weight excluding hydrogens is 214 g/mol. The Hall–Kier alpha value is -1.00. The van der Waals surface area contributed by atoms with Crippen molar-refractivity contribution in [1.29, 1.82) is 0 Å². The number of aromatic nitrogens is 1. The highest BCUT2D eigenvalue weighted by molar-refractivity contribution is 6.30. The van der Waals surface area contributed by atoms with Gasteiger partial charge in [-0.1, -0.05) is 11.6 Å². The van der Waals surface area contributed by atoms with Gasteiger partial charge in [-0.25, -0.2) is 0 Å². The minimum atomic E-state index is -0.183. The van der Waals surface area contributed by atoms with E-state index in [1.54, 1.807) is 6.07 Å². The summed E-state index contributed by atoms with van der Waals surface area (Å²) in [7, 11) is 0. The third-order valence-electron chi connectivity index (χ3n) is 3.05. The summed E-state index contributed by atoms with van der Waals surface area (Å²) in [4.78, 5) is 18.8. The molecule has 0 amide bonds. The summed E-state index contributed by atoms with van der Waals surface area (Å²) < 4.78 is 0. The first-order chi connectivity index (χ1) is 7.24. The molecule has 1 aromatic rings. The van der Waals surface area contributed by atoms with Gasteiger partial charge in [0.2, 0.25) is 0 Å². The lowest BCUT2D eigenvalue weighted by Crippen LogP contribution is -2.48. The number of hydrogen-bond donors (Lipinski definition) is 1. The first kappa shape index (κ1) is 9.24. The zero-order valence-electron chi connectivity index (χ0n) is 8.29. The van der Waals surface area contributed by atoms with E-state index in [2.05, 4.69) is 14.8 Å². The van der Waals surface area contributed by atoms with Gasteiger partial charge in [-0.15, -0.1) is 0 Å². The molecule has 0 spiro atoms. The quantitative estimate of drug-likeness (QED) is 0.717. The van der Waals surface area contributed by atoms with Crippen LogP contribution in [0.1, 0.15) is 12.1 Å². The second-order valence-corrected chi connectivity index (χ2v) is 4.53. The van der Waals surface area contributed by atoms with Crippen LogP contribution >= 0.6 is 11.6 Å². The lowest BCUT2D eigenvalue weighted by molar-refractivity contribution is 0.216. The van der Waals surface area contributed by atoms with Gasteiger partial charge in [0.1, 0.15) is 5.02 Å². The van der Waals surface area contributed by atoms with Gasteiger partial charge in [0, 0.05) is 19.6 Å². The molecule has 2 aliphatic rings. The fourth-order valence-electron chi connectivity index (χ4n) is 2.35. The number of anilines is 1. The van der Waals surface area contributed by atoms with Crippen molar-refractivity contribution < 1.29 is 0 Å². The number of pyridine rings is 1. The van der Waals surface area contributed by atoms with E-state index in [0.29, 0.717) is 0 Å². The highest BCUT2D eigenvalue weighted by Crippen LogP contribution is 2.29. The minimum absolute atomic E-state index is 0.183. The highest BCUT2D eigenvalue weighted by Gasteiger charge is 2.26. The predicted molar refractivity (Wildman–Crippen MR) is 59.3 cm³/mol. The van der Waals surface area contributed by atoms with Crippen molar-refractivity contribution >= 4 is 17.3 Å². The van der Waals surface area contributed by atoms with Crippen LogP contribution in [0.2, 0.25) is 5.02 Å². The molecule has 0 radical (unpaired) electrons. The van der Waals surface area contributed by atoms with Crippen LogP contribution in [0.4, 0.5) is 5.69 Å². The minimum Gasteiger partial charge on any atom is -0.357 e. The Kier molecular flexibility index (Phi) is 2.00. The van der Waals surface area contributed by atoms with Crippen molar-refractivity contribution in [2.45, 2.75) is 13.0 Å². The van der Waals surface area contributed by atoms with Gasteiger partial charge in [-0.3, -0.25) is 9.69 Å². The van der Waals surface area contributed by atoms with Crippen molar-refractivity contribution in [2.75, 3.05) is 24.7 Å². The van der Waals surface area contributed by atoms with Crippen LogP contribution < -0.4 is 10.5 Å². The van der Waals surface area contributed by atoms with Crippen molar-refractivity contribution in [2.24, 2.45) is 0 Å². The molecule has 1 N–H and O–H groups in total.